The highest BCUT2D eigenvalue weighted by Gasteiger charge is 2.48. The quantitative estimate of drug-likeness (QED) is 0.671. The van der Waals surface area contributed by atoms with Crippen LogP contribution in [-0.2, 0) is 14.3 Å². The molecule has 0 radical (unpaired) electrons. The van der Waals surface area contributed by atoms with Crippen LogP contribution in [0.2, 0.25) is 0 Å². The molecule has 0 aromatic carbocycles. The molecular weight excluding hydrogens is 296 g/mol. The summed E-state index contributed by atoms with van der Waals surface area (Å²) in [5.74, 6) is 0.703. The first-order chi connectivity index (χ1) is 11.1. The predicted molar refractivity (Wildman–Crippen MR) is 87.6 cm³/mol. The number of rotatable bonds is 10. The van der Waals surface area contributed by atoms with E-state index in [9.17, 15) is 4.79 Å². The number of pyridine rings is 1. The molecule has 2 rings (SSSR count). The van der Waals surface area contributed by atoms with Crippen LogP contribution in [0.25, 0.3) is 0 Å². The van der Waals surface area contributed by atoms with Gasteiger partial charge in [-0.3, -0.25) is 4.79 Å². The Hall–Kier alpha value is -1.66. The number of carbonyl (C=O) groups is 1. The van der Waals surface area contributed by atoms with Gasteiger partial charge in [0.05, 0.1) is 18.5 Å². The lowest BCUT2D eigenvalue weighted by Crippen LogP contribution is -2.45. The molecule has 128 valence electrons. The summed E-state index contributed by atoms with van der Waals surface area (Å²) in [6, 6.07) is 3.51. The molecule has 1 fully saturated rings. The molecule has 0 bridgehead atoms. The topological polar surface area (TPSA) is 69.7 Å². The molecule has 1 N–H and O–H groups in total. The van der Waals surface area contributed by atoms with Crippen LogP contribution in [0.4, 0.5) is 5.69 Å². The zero-order valence-electron chi connectivity index (χ0n) is 14.1. The van der Waals surface area contributed by atoms with E-state index in [1.807, 2.05) is 13.8 Å². The summed E-state index contributed by atoms with van der Waals surface area (Å²) in [7, 11) is 1.62. The van der Waals surface area contributed by atoms with E-state index in [0.717, 1.165) is 19.3 Å². The van der Waals surface area contributed by atoms with Gasteiger partial charge < -0.3 is 19.5 Å². The maximum Gasteiger partial charge on any atom is 0.256 e. The Bertz CT molecular complexity index is 502. The van der Waals surface area contributed by atoms with Crippen LogP contribution in [-0.4, -0.2) is 43.4 Å². The number of hydrogen-bond acceptors (Lipinski definition) is 5. The first-order valence-electron chi connectivity index (χ1n) is 8.13. The van der Waals surface area contributed by atoms with Gasteiger partial charge in [0.2, 0.25) is 5.88 Å². The number of methoxy groups -OCH3 is 1. The Kier molecular flexibility index (Phi) is 6.36. The second kappa shape index (κ2) is 8.26. The average Bonchev–Trinajstić information content (AvgIpc) is 3.39. The minimum absolute atomic E-state index is 0.108. The van der Waals surface area contributed by atoms with Gasteiger partial charge in [-0.15, -0.1) is 0 Å². The van der Waals surface area contributed by atoms with E-state index in [2.05, 4.69) is 10.3 Å². The molecule has 0 spiro atoms. The molecule has 6 heteroatoms. The lowest BCUT2D eigenvalue weighted by atomic mass is 9.99. The minimum atomic E-state index is -0.760. The lowest BCUT2D eigenvalue weighted by Gasteiger charge is -2.28. The third-order valence-corrected chi connectivity index (χ3v) is 3.94. The summed E-state index contributed by atoms with van der Waals surface area (Å²) in [5.41, 5.74) is -0.120. The molecule has 1 aliphatic rings. The monoisotopic (exact) mass is 322 g/mol. The van der Waals surface area contributed by atoms with Crippen molar-refractivity contribution in [2.45, 2.75) is 38.7 Å². The predicted octanol–water partition coefficient (Wildman–Crippen LogP) is 2.64. The summed E-state index contributed by atoms with van der Waals surface area (Å²) in [4.78, 5) is 16.8. The maximum absolute atomic E-state index is 12.6. The summed E-state index contributed by atoms with van der Waals surface area (Å²) in [5, 5.41) is 2.90. The smallest absolute Gasteiger partial charge is 0.256 e. The van der Waals surface area contributed by atoms with Crippen LogP contribution in [0.1, 0.15) is 33.1 Å². The van der Waals surface area contributed by atoms with Crippen molar-refractivity contribution in [2.24, 2.45) is 5.92 Å². The molecule has 0 saturated heterocycles. The molecular formula is C17H26N2O4. The number of ether oxygens (including phenoxy) is 3. The summed E-state index contributed by atoms with van der Waals surface area (Å²) in [6.45, 7) is 5.46. The average molecular weight is 322 g/mol. The summed E-state index contributed by atoms with van der Waals surface area (Å²) >= 11 is 0. The highest BCUT2D eigenvalue weighted by Crippen LogP contribution is 2.42. The van der Waals surface area contributed by atoms with Crippen molar-refractivity contribution in [1.82, 2.24) is 4.98 Å². The van der Waals surface area contributed by atoms with Crippen molar-refractivity contribution < 1.29 is 19.0 Å². The van der Waals surface area contributed by atoms with Crippen molar-refractivity contribution in [3.63, 3.8) is 0 Å². The van der Waals surface area contributed by atoms with Gasteiger partial charge in [0.25, 0.3) is 5.91 Å². The van der Waals surface area contributed by atoms with Gasteiger partial charge in [0, 0.05) is 19.8 Å². The Morgan fingerprint density at radius 1 is 1.35 bits per heavy atom. The molecule has 1 aromatic rings. The number of hydrogen-bond donors (Lipinski definition) is 1. The number of nitrogens with one attached hydrogen (secondary N) is 1. The second-order valence-electron chi connectivity index (χ2n) is 5.91. The van der Waals surface area contributed by atoms with Gasteiger partial charge in [-0.2, -0.15) is 0 Å². The maximum atomic E-state index is 12.6. The van der Waals surface area contributed by atoms with Crippen molar-refractivity contribution in [3.05, 3.63) is 18.3 Å². The molecule has 1 atom stereocenters. The van der Waals surface area contributed by atoms with E-state index < -0.39 is 5.60 Å². The Labute approximate surface area is 137 Å². The van der Waals surface area contributed by atoms with E-state index in [0.29, 0.717) is 37.3 Å². The van der Waals surface area contributed by atoms with Gasteiger partial charge in [-0.25, -0.2) is 4.98 Å². The Balaban J connectivity index is 1.93. The van der Waals surface area contributed by atoms with Crippen LogP contribution in [0.3, 0.4) is 0 Å². The fourth-order valence-corrected chi connectivity index (χ4v) is 2.34. The third-order valence-electron chi connectivity index (χ3n) is 3.94. The fraction of sp³-hybridized carbons (Fsp3) is 0.647. The van der Waals surface area contributed by atoms with Crippen molar-refractivity contribution >= 4 is 11.6 Å². The highest BCUT2D eigenvalue weighted by molar-refractivity contribution is 5.97. The summed E-state index contributed by atoms with van der Waals surface area (Å²) < 4.78 is 16.2. The van der Waals surface area contributed by atoms with E-state index in [1.165, 1.54) is 0 Å². The first kappa shape index (κ1) is 17.7. The molecule has 0 unspecified atom stereocenters. The number of carbonyl (C=O) groups excluding carboxylic acids is 1. The van der Waals surface area contributed by atoms with Crippen molar-refractivity contribution in [1.29, 1.82) is 0 Å². The van der Waals surface area contributed by atoms with E-state index in [-0.39, 0.29) is 5.91 Å². The normalized spacial score (nSPS) is 16.7. The third kappa shape index (κ3) is 4.91. The number of amides is 1. The number of nitrogens with zero attached hydrogens (tertiary/aromatic N) is 1. The zero-order valence-corrected chi connectivity index (χ0v) is 14.1. The number of aromatic nitrogens is 1. The Morgan fingerprint density at radius 3 is 2.70 bits per heavy atom. The van der Waals surface area contributed by atoms with Crippen LogP contribution in [0, 0.1) is 5.92 Å². The van der Waals surface area contributed by atoms with Crippen LogP contribution in [0.15, 0.2) is 18.3 Å². The van der Waals surface area contributed by atoms with Gasteiger partial charge in [0.1, 0.15) is 12.2 Å². The van der Waals surface area contributed by atoms with Crippen LogP contribution >= 0.6 is 0 Å². The standard InChI is InChI=1S/C17H26N2O4/c1-4-9-23-17(2,13-5-6-13)16(20)19-14-7-8-15(18-12-14)22-11-10-21-3/h7-8,12-13H,4-6,9-11H2,1-3H3,(H,19,20)/t17-/m0/s1. The molecule has 1 heterocycles. The molecule has 0 aliphatic heterocycles. The van der Waals surface area contributed by atoms with Gasteiger partial charge in [-0.05, 0) is 38.2 Å². The van der Waals surface area contributed by atoms with Crippen molar-refractivity contribution in [3.8, 4) is 5.88 Å². The molecule has 1 saturated carbocycles. The minimum Gasteiger partial charge on any atom is -0.475 e. The first-order valence-corrected chi connectivity index (χ1v) is 8.13. The Morgan fingerprint density at radius 2 is 2.13 bits per heavy atom. The summed E-state index contributed by atoms with van der Waals surface area (Å²) in [6.07, 6.45) is 4.56. The van der Waals surface area contributed by atoms with Crippen LogP contribution in [0.5, 0.6) is 5.88 Å². The van der Waals surface area contributed by atoms with Crippen LogP contribution < -0.4 is 10.1 Å². The van der Waals surface area contributed by atoms with E-state index in [4.69, 9.17) is 14.2 Å². The van der Waals surface area contributed by atoms with Gasteiger partial charge in [-0.1, -0.05) is 6.92 Å². The molecule has 1 aliphatic carbocycles. The lowest BCUT2D eigenvalue weighted by molar-refractivity contribution is -0.142. The number of anilines is 1. The van der Waals surface area contributed by atoms with Gasteiger partial charge >= 0.3 is 0 Å². The molecule has 1 aromatic heterocycles. The van der Waals surface area contributed by atoms with Gasteiger partial charge in [0.15, 0.2) is 0 Å². The molecule has 23 heavy (non-hydrogen) atoms. The fourth-order valence-electron chi connectivity index (χ4n) is 2.34. The SMILES string of the molecule is CCCO[C@](C)(C(=O)Nc1ccc(OCCOC)nc1)C1CC1. The molecule has 6 nitrogen and oxygen atoms in total. The largest absolute Gasteiger partial charge is 0.475 e. The van der Waals surface area contributed by atoms with Crippen molar-refractivity contribution in [2.75, 3.05) is 32.2 Å². The zero-order chi connectivity index (χ0) is 16.7. The second-order valence-corrected chi connectivity index (χ2v) is 5.91. The highest BCUT2D eigenvalue weighted by atomic mass is 16.5. The van der Waals surface area contributed by atoms with E-state index in [1.54, 1.807) is 25.4 Å². The van der Waals surface area contributed by atoms with E-state index >= 15 is 0 Å². The molecule has 1 amide bonds.